The predicted molar refractivity (Wildman–Crippen MR) is 127 cm³/mol. The molecule has 0 saturated carbocycles. The molecule has 6 nitrogen and oxygen atoms in total. The van der Waals surface area contributed by atoms with E-state index >= 15 is 0 Å². The van der Waals surface area contributed by atoms with Crippen LogP contribution in [0.3, 0.4) is 0 Å². The molecular formula is C25H26N2O4S. The van der Waals surface area contributed by atoms with Gasteiger partial charge in [-0.1, -0.05) is 24.3 Å². The van der Waals surface area contributed by atoms with Gasteiger partial charge in [-0.25, -0.2) is 0 Å². The molecule has 2 aromatic heterocycles. The summed E-state index contributed by atoms with van der Waals surface area (Å²) in [5.74, 6) is 0.523. The predicted octanol–water partition coefficient (Wildman–Crippen LogP) is 5.28. The highest BCUT2D eigenvalue weighted by atomic mass is 32.1. The minimum absolute atomic E-state index is 0.0895. The number of fused-ring (bicyclic) bond motifs is 3. The van der Waals surface area contributed by atoms with E-state index in [2.05, 4.69) is 21.7 Å². The van der Waals surface area contributed by atoms with Gasteiger partial charge in [0.05, 0.1) is 25.4 Å². The Morgan fingerprint density at radius 1 is 1.19 bits per heavy atom. The van der Waals surface area contributed by atoms with Gasteiger partial charge in [-0.15, -0.1) is 11.3 Å². The lowest BCUT2D eigenvalue weighted by molar-refractivity contribution is -0.117. The third-order valence-corrected chi connectivity index (χ3v) is 6.65. The van der Waals surface area contributed by atoms with E-state index in [1.165, 1.54) is 4.88 Å². The number of rotatable bonds is 8. The van der Waals surface area contributed by atoms with Crippen molar-refractivity contribution >= 4 is 44.9 Å². The van der Waals surface area contributed by atoms with Crippen LogP contribution in [0.1, 0.15) is 17.7 Å². The zero-order valence-corrected chi connectivity index (χ0v) is 18.8. The lowest BCUT2D eigenvalue weighted by Gasteiger charge is -2.24. The van der Waals surface area contributed by atoms with Gasteiger partial charge in [-0.3, -0.25) is 9.69 Å². The molecule has 1 saturated heterocycles. The first-order valence-electron chi connectivity index (χ1n) is 10.8. The molecule has 1 aliphatic heterocycles. The maximum absolute atomic E-state index is 13.0. The van der Waals surface area contributed by atoms with Crippen molar-refractivity contribution < 1.29 is 18.7 Å². The van der Waals surface area contributed by atoms with Crippen molar-refractivity contribution in [2.45, 2.75) is 25.5 Å². The Kier molecular flexibility index (Phi) is 6.12. The van der Waals surface area contributed by atoms with Crippen molar-refractivity contribution in [3.63, 3.8) is 0 Å². The van der Waals surface area contributed by atoms with Crippen molar-refractivity contribution in [3.05, 3.63) is 58.8 Å². The van der Waals surface area contributed by atoms with Crippen LogP contribution in [-0.4, -0.2) is 43.7 Å². The molecule has 1 aliphatic rings. The summed E-state index contributed by atoms with van der Waals surface area (Å²) in [5, 5.41) is 7.08. The Balaban J connectivity index is 1.35. The number of furan rings is 1. The van der Waals surface area contributed by atoms with E-state index in [1.54, 1.807) is 18.4 Å². The maximum atomic E-state index is 13.0. The second kappa shape index (κ2) is 9.32. The van der Waals surface area contributed by atoms with Gasteiger partial charge in [0.2, 0.25) is 5.91 Å². The molecule has 0 bridgehead atoms. The van der Waals surface area contributed by atoms with E-state index in [-0.39, 0.29) is 18.6 Å². The van der Waals surface area contributed by atoms with Crippen LogP contribution in [0.15, 0.2) is 58.3 Å². The fourth-order valence-corrected chi connectivity index (χ4v) is 5.04. The summed E-state index contributed by atoms with van der Waals surface area (Å²) < 4.78 is 17.4. The van der Waals surface area contributed by atoms with Crippen molar-refractivity contribution in [3.8, 4) is 5.75 Å². The standard InChI is InChI=1S/C25H26N2O4S/c1-29-24-12-20-19-8-2-3-9-22(19)31-23(20)13-21(24)26-25(28)16-27(14-17-6-4-10-30-17)15-18-7-5-11-32-18/h2-3,5,7-9,11-13,17H,4,6,10,14-16H2,1H3,(H,26,28)/t17-/m0/s1. The number of methoxy groups -OCH3 is 1. The number of nitrogens with zero attached hydrogens (tertiary/aromatic N) is 1. The highest BCUT2D eigenvalue weighted by Gasteiger charge is 2.22. The van der Waals surface area contributed by atoms with Gasteiger partial charge >= 0.3 is 0 Å². The van der Waals surface area contributed by atoms with Crippen LogP contribution < -0.4 is 10.1 Å². The summed E-state index contributed by atoms with van der Waals surface area (Å²) in [6.45, 7) is 2.55. The summed E-state index contributed by atoms with van der Waals surface area (Å²) in [7, 11) is 1.61. The Bertz CT molecular complexity index is 1210. The molecule has 0 spiro atoms. The topological polar surface area (TPSA) is 63.9 Å². The largest absolute Gasteiger partial charge is 0.495 e. The van der Waals surface area contributed by atoms with E-state index in [4.69, 9.17) is 13.9 Å². The smallest absolute Gasteiger partial charge is 0.238 e. The number of anilines is 1. The third-order valence-electron chi connectivity index (χ3n) is 5.79. The number of para-hydroxylation sites is 1. The van der Waals surface area contributed by atoms with Crippen molar-refractivity contribution in [1.82, 2.24) is 4.90 Å². The molecule has 1 N–H and O–H groups in total. The zero-order valence-electron chi connectivity index (χ0n) is 18.0. The van der Waals surface area contributed by atoms with Crippen molar-refractivity contribution in [2.24, 2.45) is 0 Å². The van der Waals surface area contributed by atoms with Crippen LogP contribution >= 0.6 is 11.3 Å². The normalized spacial score (nSPS) is 16.2. The van der Waals surface area contributed by atoms with Crippen LogP contribution in [0.5, 0.6) is 5.75 Å². The number of hydrogen-bond acceptors (Lipinski definition) is 6. The average Bonchev–Trinajstić information content (AvgIpc) is 3.54. The average molecular weight is 451 g/mol. The summed E-state index contributed by atoms with van der Waals surface area (Å²) in [5.41, 5.74) is 2.14. The minimum Gasteiger partial charge on any atom is -0.495 e. The highest BCUT2D eigenvalue weighted by molar-refractivity contribution is 7.09. The summed E-state index contributed by atoms with van der Waals surface area (Å²) in [4.78, 5) is 16.4. The number of amides is 1. The number of nitrogens with one attached hydrogen (secondary N) is 1. The van der Waals surface area contributed by atoms with Gasteiger partial charge in [0.15, 0.2) is 0 Å². The van der Waals surface area contributed by atoms with Crippen LogP contribution in [0.4, 0.5) is 5.69 Å². The molecule has 2 aromatic carbocycles. The van der Waals surface area contributed by atoms with Gasteiger partial charge in [0, 0.05) is 41.4 Å². The molecule has 7 heteroatoms. The molecule has 1 atom stereocenters. The number of carbonyl (C=O) groups is 1. The van der Waals surface area contributed by atoms with Gasteiger partial charge in [-0.2, -0.15) is 0 Å². The van der Waals surface area contributed by atoms with Crippen molar-refractivity contribution in [1.29, 1.82) is 0 Å². The number of thiophene rings is 1. The molecule has 3 heterocycles. The van der Waals surface area contributed by atoms with E-state index in [0.717, 1.165) is 54.5 Å². The fraction of sp³-hybridized carbons (Fsp3) is 0.320. The molecule has 1 amide bonds. The van der Waals surface area contributed by atoms with Crippen LogP contribution in [0.2, 0.25) is 0 Å². The lowest BCUT2D eigenvalue weighted by atomic mass is 10.1. The van der Waals surface area contributed by atoms with Gasteiger partial charge < -0.3 is 19.2 Å². The number of ether oxygens (including phenoxy) is 2. The summed E-state index contributed by atoms with van der Waals surface area (Å²) in [6, 6.07) is 15.8. The number of carbonyl (C=O) groups excluding carboxylic acids is 1. The molecular weight excluding hydrogens is 424 g/mol. The summed E-state index contributed by atoms with van der Waals surface area (Å²) in [6.07, 6.45) is 2.31. The van der Waals surface area contributed by atoms with Gasteiger partial charge in [0.25, 0.3) is 0 Å². The zero-order chi connectivity index (χ0) is 21.9. The molecule has 0 aliphatic carbocycles. The minimum atomic E-state index is -0.0895. The molecule has 32 heavy (non-hydrogen) atoms. The number of hydrogen-bond donors (Lipinski definition) is 1. The second-order valence-electron chi connectivity index (χ2n) is 8.08. The Labute approximate surface area is 190 Å². The third kappa shape index (κ3) is 4.50. The number of benzene rings is 2. The Morgan fingerprint density at radius 3 is 2.88 bits per heavy atom. The van der Waals surface area contributed by atoms with E-state index < -0.39 is 0 Å². The van der Waals surface area contributed by atoms with E-state index in [0.29, 0.717) is 11.4 Å². The van der Waals surface area contributed by atoms with Gasteiger partial charge in [0.1, 0.15) is 16.9 Å². The molecule has 4 aromatic rings. The van der Waals surface area contributed by atoms with Gasteiger partial charge in [-0.05, 0) is 36.4 Å². The van der Waals surface area contributed by atoms with Crippen LogP contribution in [0, 0.1) is 0 Å². The Hall–Kier alpha value is -2.87. The quantitative estimate of drug-likeness (QED) is 0.396. The molecule has 166 valence electrons. The first kappa shape index (κ1) is 21.0. The molecule has 5 rings (SSSR count). The first-order valence-corrected chi connectivity index (χ1v) is 11.7. The van der Waals surface area contributed by atoms with Crippen LogP contribution in [-0.2, 0) is 16.1 Å². The monoisotopic (exact) mass is 450 g/mol. The second-order valence-corrected chi connectivity index (χ2v) is 9.11. The first-order chi connectivity index (χ1) is 15.7. The van der Waals surface area contributed by atoms with Crippen LogP contribution in [0.25, 0.3) is 21.9 Å². The molecule has 0 unspecified atom stereocenters. The summed E-state index contributed by atoms with van der Waals surface area (Å²) >= 11 is 1.70. The fourth-order valence-electron chi connectivity index (χ4n) is 4.30. The molecule has 1 fully saturated rings. The molecule has 0 radical (unpaired) electrons. The highest BCUT2D eigenvalue weighted by Crippen LogP contribution is 2.36. The van der Waals surface area contributed by atoms with Crippen molar-refractivity contribution in [2.75, 3.05) is 32.1 Å². The van der Waals surface area contributed by atoms with E-state index in [9.17, 15) is 4.79 Å². The van der Waals surface area contributed by atoms with E-state index in [1.807, 2.05) is 42.5 Å². The lowest BCUT2D eigenvalue weighted by Crippen LogP contribution is -2.37. The maximum Gasteiger partial charge on any atom is 0.238 e. The SMILES string of the molecule is COc1cc2c(cc1NC(=O)CN(Cc1cccs1)C[C@@H]1CCCO1)oc1ccccc12. The Morgan fingerprint density at radius 2 is 2.09 bits per heavy atom.